The van der Waals surface area contributed by atoms with Gasteiger partial charge in [0.15, 0.2) is 0 Å². The van der Waals surface area contributed by atoms with E-state index >= 15 is 0 Å². The molecular formula is C21H20ClFN2O. The Bertz CT molecular complexity index is 922. The van der Waals surface area contributed by atoms with Crippen LogP contribution >= 0.6 is 11.6 Å². The van der Waals surface area contributed by atoms with E-state index in [-0.39, 0.29) is 24.3 Å². The van der Waals surface area contributed by atoms with Crippen molar-refractivity contribution in [1.82, 2.24) is 10.2 Å². The van der Waals surface area contributed by atoms with Gasteiger partial charge in [0.2, 0.25) is 0 Å². The van der Waals surface area contributed by atoms with Crippen LogP contribution in [0.4, 0.5) is 4.39 Å². The van der Waals surface area contributed by atoms with Crippen LogP contribution < -0.4 is 5.32 Å². The van der Waals surface area contributed by atoms with Crippen LogP contribution in [0.15, 0.2) is 60.7 Å². The lowest BCUT2D eigenvalue weighted by Gasteiger charge is -2.26. The van der Waals surface area contributed by atoms with E-state index in [9.17, 15) is 9.18 Å². The molecule has 3 nitrogen and oxygen atoms in total. The Hall–Kier alpha value is -2.43. The van der Waals surface area contributed by atoms with Crippen molar-refractivity contribution < 1.29 is 9.18 Å². The third kappa shape index (κ3) is 3.87. The number of halogens is 2. The summed E-state index contributed by atoms with van der Waals surface area (Å²) in [4.78, 5) is 14.4. The molecule has 134 valence electrons. The Morgan fingerprint density at radius 3 is 2.50 bits per heavy atom. The predicted octanol–water partition coefficient (Wildman–Crippen LogP) is 4.67. The van der Waals surface area contributed by atoms with E-state index in [1.165, 1.54) is 6.07 Å². The Balaban J connectivity index is 1.79. The van der Waals surface area contributed by atoms with Gasteiger partial charge in [0.05, 0.1) is 6.04 Å². The summed E-state index contributed by atoms with van der Waals surface area (Å²) in [6.45, 7) is 0.249. The fraction of sp³-hybridized carbons (Fsp3) is 0.190. The van der Waals surface area contributed by atoms with Crippen LogP contribution in [0.5, 0.6) is 0 Å². The molecule has 5 heteroatoms. The van der Waals surface area contributed by atoms with Gasteiger partial charge in [-0.2, -0.15) is 0 Å². The molecule has 0 saturated carbocycles. The highest BCUT2D eigenvalue weighted by Crippen LogP contribution is 2.28. The molecule has 0 bridgehead atoms. The van der Waals surface area contributed by atoms with Crippen molar-refractivity contribution in [3.63, 3.8) is 0 Å². The van der Waals surface area contributed by atoms with Crippen molar-refractivity contribution in [2.75, 3.05) is 20.6 Å². The predicted molar refractivity (Wildman–Crippen MR) is 104 cm³/mol. The third-order valence-electron chi connectivity index (χ3n) is 4.42. The van der Waals surface area contributed by atoms with Gasteiger partial charge in [0.25, 0.3) is 5.91 Å². The van der Waals surface area contributed by atoms with Crippen LogP contribution in [-0.4, -0.2) is 31.4 Å². The molecule has 1 N–H and O–H groups in total. The lowest BCUT2D eigenvalue weighted by Crippen LogP contribution is -2.35. The minimum atomic E-state index is -0.379. The summed E-state index contributed by atoms with van der Waals surface area (Å²) >= 11 is 6.19. The zero-order valence-electron chi connectivity index (χ0n) is 14.7. The highest BCUT2D eigenvalue weighted by molar-refractivity contribution is 6.31. The van der Waals surface area contributed by atoms with E-state index in [0.29, 0.717) is 16.1 Å². The van der Waals surface area contributed by atoms with E-state index in [1.807, 2.05) is 55.4 Å². The Labute approximate surface area is 157 Å². The number of rotatable bonds is 5. The molecule has 1 amide bonds. The monoisotopic (exact) mass is 370 g/mol. The fourth-order valence-electron chi connectivity index (χ4n) is 2.99. The van der Waals surface area contributed by atoms with Gasteiger partial charge in [-0.05, 0) is 49.1 Å². The first-order valence-electron chi connectivity index (χ1n) is 8.34. The summed E-state index contributed by atoms with van der Waals surface area (Å²) < 4.78 is 14.3. The highest BCUT2D eigenvalue weighted by atomic mass is 35.5. The van der Waals surface area contributed by atoms with Gasteiger partial charge in [-0.1, -0.05) is 48.0 Å². The number of likely N-dealkylation sites (N-methyl/N-ethyl adjacent to an activating group) is 1. The van der Waals surface area contributed by atoms with Crippen molar-refractivity contribution in [3.8, 4) is 0 Å². The molecule has 0 fully saturated rings. The molecule has 0 aliphatic carbocycles. The maximum absolute atomic E-state index is 14.3. The zero-order chi connectivity index (χ0) is 18.7. The summed E-state index contributed by atoms with van der Waals surface area (Å²) in [5.74, 6) is -0.578. The first-order valence-corrected chi connectivity index (χ1v) is 8.72. The molecule has 3 aromatic carbocycles. The second kappa shape index (κ2) is 7.85. The Kier molecular flexibility index (Phi) is 5.55. The summed E-state index contributed by atoms with van der Waals surface area (Å²) in [7, 11) is 3.66. The van der Waals surface area contributed by atoms with Gasteiger partial charge in [0, 0.05) is 22.7 Å². The van der Waals surface area contributed by atoms with Crippen LogP contribution in [0.25, 0.3) is 10.8 Å². The van der Waals surface area contributed by atoms with Gasteiger partial charge in [0.1, 0.15) is 5.82 Å². The van der Waals surface area contributed by atoms with Crippen LogP contribution in [-0.2, 0) is 0 Å². The molecule has 0 saturated heterocycles. The normalized spacial score (nSPS) is 12.3. The SMILES string of the molecule is CN(C)[C@@H](CNC(=O)c1ccc2ccccc2c1)c1c(F)cccc1Cl. The lowest BCUT2D eigenvalue weighted by molar-refractivity contribution is 0.0941. The molecule has 1 atom stereocenters. The van der Waals surface area contributed by atoms with Crippen LogP contribution in [0.2, 0.25) is 5.02 Å². The average Bonchev–Trinajstić information content (AvgIpc) is 2.63. The minimum Gasteiger partial charge on any atom is -0.350 e. The highest BCUT2D eigenvalue weighted by Gasteiger charge is 2.22. The summed E-state index contributed by atoms with van der Waals surface area (Å²) in [6.07, 6.45) is 0. The molecule has 0 unspecified atom stereocenters. The zero-order valence-corrected chi connectivity index (χ0v) is 15.4. The largest absolute Gasteiger partial charge is 0.350 e. The van der Waals surface area contributed by atoms with Crippen LogP contribution in [0.3, 0.4) is 0 Å². The lowest BCUT2D eigenvalue weighted by atomic mass is 10.0. The number of carbonyl (C=O) groups excluding carboxylic acids is 1. The van der Waals surface area contributed by atoms with Crippen molar-refractivity contribution in [3.05, 3.63) is 82.6 Å². The van der Waals surface area contributed by atoms with E-state index in [0.717, 1.165) is 10.8 Å². The molecule has 26 heavy (non-hydrogen) atoms. The van der Waals surface area contributed by atoms with Crippen molar-refractivity contribution in [2.24, 2.45) is 0 Å². The molecule has 3 rings (SSSR count). The van der Waals surface area contributed by atoms with E-state index < -0.39 is 0 Å². The number of fused-ring (bicyclic) bond motifs is 1. The first-order chi connectivity index (χ1) is 12.5. The molecule has 0 heterocycles. The molecule has 0 radical (unpaired) electrons. The minimum absolute atomic E-state index is 0.199. The number of hydrogen-bond donors (Lipinski definition) is 1. The quantitative estimate of drug-likeness (QED) is 0.708. The van der Waals surface area contributed by atoms with Crippen LogP contribution in [0.1, 0.15) is 22.0 Å². The summed E-state index contributed by atoms with van der Waals surface area (Å²) in [5, 5.41) is 5.32. The van der Waals surface area contributed by atoms with Crippen molar-refractivity contribution in [2.45, 2.75) is 6.04 Å². The van der Waals surface area contributed by atoms with Gasteiger partial charge in [-0.3, -0.25) is 4.79 Å². The van der Waals surface area contributed by atoms with Gasteiger partial charge < -0.3 is 10.2 Å². The maximum atomic E-state index is 14.3. The van der Waals surface area contributed by atoms with Crippen molar-refractivity contribution in [1.29, 1.82) is 0 Å². The molecule has 0 aromatic heterocycles. The van der Waals surface area contributed by atoms with Gasteiger partial charge in [-0.15, -0.1) is 0 Å². The van der Waals surface area contributed by atoms with Gasteiger partial charge in [-0.25, -0.2) is 4.39 Å². The van der Waals surface area contributed by atoms with Crippen LogP contribution in [0, 0.1) is 5.82 Å². The average molecular weight is 371 g/mol. The number of benzene rings is 3. The number of nitrogens with zero attached hydrogens (tertiary/aromatic N) is 1. The van der Waals surface area contributed by atoms with Crippen molar-refractivity contribution >= 4 is 28.3 Å². The Morgan fingerprint density at radius 1 is 1.08 bits per heavy atom. The van der Waals surface area contributed by atoms with Gasteiger partial charge >= 0.3 is 0 Å². The number of nitrogens with one attached hydrogen (secondary N) is 1. The van der Waals surface area contributed by atoms with E-state index in [2.05, 4.69) is 5.32 Å². The maximum Gasteiger partial charge on any atom is 0.251 e. The molecule has 0 spiro atoms. The second-order valence-corrected chi connectivity index (χ2v) is 6.79. The standard InChI is InChI=1S/C21H20ClFN2O/c1-25(2)19(20-17(22)8-5-9-18(20)23)13-24-21(26)16-11-10-14-6-3-4-7-15(14)12-16/h3-12,19H,13H2,1-2H3,(H,24,26)/t19-/m0/s1. The second-order valence-electron chi connectivity index (χ2n) is 6.39. The fourth-order valence-corrected chi connectivity index (χ4v) is 3.28. The number of carbonyl (C=O) groups is 1. The first kappa shape index (κ1) is 18.4. The van der Waals surface area contributed by atoms with E-state index in [4.69, 9.17) is 11.6 Å². The summed E-state index contributed by atoms with van der Waals surface area (Å²) in [6, 6.07) is 17.7. The topological polar surface area (TPSA) is 32.3 Å². The molecule has 0 aliphatic rings. The van der Waals surface area contributed by atoms with E-state index in [1.54, 1.807) is 18.2 Å². The Morgan fingerprint density at radius 2 is 1.81 bits per heavy atom. The molecule has 3 aromatic rings. The summed E-state index contributed by atoms with van der Waals surface area (Å²) in [5.41, 5.74) is 0.957. The number of amides is 1. The smallest absolute Gasteiger partial charge is 0.251 e. The third-order valence-corrected chi connectivity index (χ3v) is 4.75. The molecule has 0 aliphatic heterocycles. The molecular weight excluding hydrogens is 351 g/mol. The number of hydrogen-bond acceptors (Lipinski definition) is 2.